The van der Waals surface area contributed by atoms with Crippen LogP contribution in [0.4, 0.5) is 0 Å². The number of ether oxygens (including phenoxy) is 3. The van der Waals surface area contributed by atoms with Gasteiger partial charge in [-0.15, -0.1) is 0 Å². The van der Waals surface area contributed by atoms with E-state index in [1.807, 2.05) is 0 Å². The van der Waals surface area contributed by atoms with E-state index in [4.69, 9.17) is 14.2 Å². The number of hydrogen-bond donors (Lipinski definition) is 0. The van der Waals surface area contributed by atoms with Crippen LogP contribution in [0.3, 0.4) is 0 Å². The predicted molar refractivity (Wildman–Crippen MR) is 115 cm³/mol. The quantitative estimate of drug-likeness (QED) is 0.176. The van der Waals surface area contributed by atoms with Crippen LogP contribution in [0.15, 0.2) is 0 Å². The molecule has 0 radical (unpaired) electrons. The molecule has 0 aromatic carbocycles. The largest absolute Gasteiger partial charge is 0.375 e. The first kappa shape index (κ1) is 24.9. The number of rotatable bonds is 19. The topological polar surface area (TPSA) is 31.0 Å². The lowest BCUT2D eigenvalue weighted by molar-refractivity contribution is -0.0867. The molecule has 0 aliphatic carbocycles. The van der Waals surface area contributed by atoms with Crippen LogP contribution in [0.5, 0.6) is 0 Å². The van der Waals surface area contributed by atoms with E-state index in [1.54, 1.807) is 0 Å². The first-order chi connectivity index (χ1) is 12.9. The van der Waals surface area contributed by atoms with Crippen molar-refractivity contribution in [1.82, 2.24) is 0 Å². The average Bonchev–Trinajstić information content (AvgIpc) is 3.46. The van der Waals surface area contributed by atoms with Crippen molar-refractivity contribution < 1.29 is 14.2 Å². The highest BCUT2D eigenvalue weighted by Crippen LogP contribution is 2.25. The van der Waals surface area contributed by atoms with Gasteiger partial charge in [-0.1, -0.05) is 78.1 Å². The molecule has 2 atom stereocenters. The molecule has 2 unspecified atom stereocenters. The van der Waals surface area contributed by atoms with Crippen LogP contribution in [-0.4, -0.2) is 37.1 Å². The van der Waals surface area contributed by atoms with Crippen LogP contribution >= 0.6 is 0 Å². The number of unbranched alkanes of at least 4 members (excludes halogenated alkanes) is 9. The van der Waals surface area contributed by atoms with Gasteiger partial charge >= 0.3 is 0 Å². The molecule has 1 aliphatic heterocycles. The Morgan fingerprint density at radius 2 is 1.33 bits per heavy atom. The highest BCUT2D eigenvalue weighted by atomic mass is 16.6. The van der Waals surface area contributed by atoms with Gasteiger partial charge in [-0.25, -0.2) is 0 Å². The van der Waals surface area contributed by atoms with Gasteiger partial charge in [0.2, 0.25) is 0 Å². The fraction of sp³-hybridized carbons (Fsp3) is 1.00. The molecule has 1 fully saturated rings. The summed E-state index contributed by atoms with van der Waals surface area (Å²) in [6.07, 6.45) is 17.4. The normalized spacial score (nSPS) is 19.2. The lowest BCUT2D eigenvalue weighted by atomic mass is 9.97. The Hall–Kier alpha value is -0.120. The van der Waals surface area contributed by atoms with Crippen LogP contribution < -0.4 is 0 Å². The fourth-order valence-corrected chi connectivity index (χ4v) is 3.46. The van der Waals surface area contributed by atoms with Gasteiger partial charge in [0.15, 0.2) is 0 Å². The van der Waals surface area contributed by atoms with Gasteiger partial charge in [-0.2, -0.15) is 0 Å². The third-order valence-electron chi connectivity index (χ3n) is 6.02. The molecule has 3 heteroatoms. The second-order valence-corrected chi connectivity index (χ2v) is 9.36. The maximum absolute atomic E-state index is 6.22. The Labute approximate surface area is 169 Å². The van der Waals surface area contributed by atoms with Gasteiger partial charge in [0.05, 0.1) is 31.0 Å². The van der Waals surface area contributed by atoms with E-state index in [-0.39, 0.29) is 11.2 Å². The van der Waals surface area contributed by atoms with Crippen molar-refractivity contribution >= 4 is 0 Å². The SMILES string of the molecule is CCCCCCCCCCCCC(C)(C)OCCC(C)(CC)OCC1CO1. The minimum Gasteiger partial charge on any atom is -0.375 e. The number of hydrogen-bond acceptors (Lipinski definition) is 3. The molecule has 27 heavy (non-hydrogen) atoms. The second-order valence-electron chi connectivity index (χ2n) is 9.36. The van der Waals surface area contributed by atoms with E-state index < -0.39 is 0 Å². The Morgan fingerprint density at radius 3 is 1.85 bits per heavy atom. The van der Waals surface area contributed by atoms with Crippen LogP contribution in [-0.2, 0) is 14.2 Å². The molecule has 0 N–H and O–H groups in total. The molecular weight excluding hydrogens is 336 g/mol. The summed E-state index contributed by atoms with van der Waals surface area (Å²) in [5.74, 6) is 0. The number of epoxide rings is 1. The average molecular weight is 385 g/mol. The molecule has 1 aliphatic rings. The summed E-state index contributed by atoms with van der Waals surface area (Å²) in [7, 11) is 0. The van der Waals surface area contributed by atoms with Crippen LogP contribution in [0.1, 0.15) is 118 Å². The summed E-state index contributed by atoms with van der Waals surface area (Å²) in [6.45, 7) is 13.5. The lowest BCUT2D eigenvalue weighted by Gasteiger charge is -2.31. The zero-order valence-electron chi connectivity index (χ0n) is 19.1. The molecule has 0 amide bonds. The monoisotopic (exact) mass is 384 g/mol. The molecule has 0 bridgehead atoms. The Balaban J connectivity index is 2.00. The van der Waals surface area contributed by atoms with Crippen molar-refractivity contribution in [1.29, 1.82) is 0 Å². The van der Waals surface area contributed by atoms with Gasteiger partial charge in [0.1, 0.15) is 6.10 Å². The molecule has 0 saturated carbocycles. The Kier molecular flexibility index (Phi) is 12.9. The van der Waals surface area contributed by atoms with E-state index in [0.717, 1.165) is 39.1 Å². The zero-order chi connectivity index (χ0) is 20.0. The Bertz CT molecular complexity index is 352. The van der Waals surface area contributed by atoms with E-state index in [1.165, 1.54) is 64.2 Å². The molecule has 3 nitrogen and oxygen atoms in total. The summed E-state index contributed by atoms with van der Waals surface area (Å²) in [5, 5.41) is 0. The standard InChI is InChI=1S/C24H48O3/c1-6-8-9-10-11-12-13-14-15-16-17-23(3,4)26-19-18-24(5,7-2)27-21-22-20-25-22/h22H,6-21H2,1-5H3. The first-order valence-electron chi connectivity index (χ1n) is 11.8. The predicted octanol–water partition coefficient (Wildman–Crippen LogP) is 7.07. The summed E-state index contributed by atoms with van der Waals surface area (Å²) in [5.41, 5.74) is -0.104. The van der Waals surface area contributed by atoms with Crippen molar-refractivity contribution in [2.75, 3.05) is 19.8 Å². The van der Waals surface area contributed by atoms with Crippen LogP contribution in [0, 0.1) is 0 Å². The van der Waals surface area contributed by atoms with E-state index in [9.17, 15) is 0 Å². The molecule has 1 rings (SSSR count). The molecule has 1 saturated heterocycles. The van der Waals surface area contributed by atoms with Crippen molar-refractivity contribution in [2.45, 2.75) is 135 Å². The maximum Gasteiger partial charge on any atom is 0.104 e. The summed E-state index contributed by atoms with van der Waals surface area (Å²) in [6, 6.07) is 0. The summed E-state index contributed by atoms with van der Waals surface area (Å²) in [4.78, 5) is 0. The highest BCUT2D eigenvalue weighted by molar-refractivity contribution is 4.78. The van der Waals surface area contributed by atoms with Gasteiger partial charge in [-0.05, 0) is 40.0 Å². The lowest BCUT2D eigenvalue weighted by Crippen LogP contribution is -2.33. The molecule has 1 heterocycles. The smallest absolute Gasteiger partial charge is 0.104 e. The van der Waals surface area contributed by atoms with E-state index in [2.05, 4.69) is 34.6 Å². The zero-order valence-corrected chi connectivity index (χ0v) is 19.1. The molecular formula is C24H48O3. The molecule has 162 valence electrons. The van der Waals surface area contributed by atoms with E-state index >= 15 is 0 Å². The molecule has 0 aromatic rings. The summed E-state index contributed by atoms with van der Waals surface area (Å²) >= 11 is 0. The van der Waals surface area contributed by atoms with Gasteiger partial charge < -0.3 is 14.2 Å². The van der Waals surface area contributed by atoms with E-state index in [0.29, 0.717) is 6.10 Å². The van der Waals surface area contributed by atoms with Crippen molar-refractivity contribution in [3.63, 3.8) is 0 Å². The first-order valence-corrected chi connectivity index (χ1v) is 11.8. The second kappa shape index (κ2) is 14.0. The Morgan fingerprint density at radius 1 is 0.778 bits per heavy atom. The minimum absolute atomic E-state index is 0.0194. The summed E-state index contributed by atoms with van der Waals surface area (Å²) < 4.78 is 17.6. The molecule has 0 aromatic heterocycles. The van der Waals surface area contributed by atoms with Crippen molar-refractivity contribution in [2.24, 2.45) is 0 Å². The van der Waals surface area contributed by atoms with Gasteiger partial charge in [0, 0.05) is 0 Å². The maximum atomic E-state index is 6.22. The third-order valence-corrected chi connectivity index (χ3v) is 6.02. The third kappa shape index (κ3) is 13.7. The van der Waals surface area contributed by atoms with Gasteiger partial charge in [-0.3, -0.25) is 0 Å². The van der Waals surface area contributed by atoms with Gasteiger partial charge in [0.25, 0.3) is 0 Å². The van der Waals surface area contributed by atoms with Crippen LogP contribution in [0.25, 0.3) is 0 Å². The molecule has 0 spiro atoms. The highest BCUT2D eigenvalue weighted by Gasteiger charge is 2.30. The fourth-order valence-electron chi connectivity index (χ4n) is 3.46. The van der Waals surface area contributed by atoms with Crippen molar-refractivity contribution in [3.8, 4) is 0 Å². The van der Waals surface area contributed by atoms with Crippen LogP contribution in [0.2, 0.25) is 0 Å². The minimum atomic E-state index is -0.0842. The van der Waals surface area contributed by atoms with Crippen molar-refractivity contribution in [3.05, 3.63) is 0 Å².